The number of carbonyl (C=O) groups is 1. The molecule has 0 aliphatic heterocycles. The number of aldehydes is 1. The lowest BCUT2D eigenvalue weighted by atomic mass is 9.86. The van der Waals surface area contributed by atoms with Crippen LogP contribution in [-0.4, -0.2) is 14.6 Å². The zero-order valence-corrected chi connectivity index (χ0v) is 15.7. The summed E-state index contributed by atoms with van der Waals surface area (Å²) in [5.41, 5.74) is 1.95. The molecular formula is C19H26O3Si. The molecule has 124 valence electrons. The lowest BCUT2D eigenvalue weighted by molar-refractivity contribution is -0.109. The predicted octanol–water partition coefficient (Wildman–Crippen LogP) is 5.44. The van der Waals surface area contributed by atoms with E-state index in [2.05, 4.69) is 39.9 Å². The average molecular weight is 331 g/mol. The van der Waals surface area contributed by atoms with E-state index in [-0.39, 0.29) is 11.0 Å². The quantitative estimate of drug-likeness (QED) is 0.556. The fourth-order valence-electron chi connectivity index (χ4n) is 3.01. The molecular weight excluding hydrogens is 304 g/mol. The van der Waals surface area contributed by atoms with E-state index >= 15 is 0 Å². The second kappa shape index (κ2) is 5.51. The Labute approximate surface area is 139 Å². The van der Waals surface area contributed by atoms with Crippen LogP contribution in [0.3, 0.4) is 0 Å². The van der Waals surface area contributed by atoms with Crippen LogP contribution in [-0.2, 0) is 11.2 Å². The first kappa shape index (κ1) is 16.3. The Morgan fingerprint density at radius 1 is 1.30 bits per heavy atom. The minimum Gasteiger partial charge on any atom is -0.543 e. The van der Waals surface area contributed by atoms with Gasteiger partial charge in [-0.2, -0.15) is 0 Å². The van der Waals surface area contributed by atoms with Crippen LogP contribution >= 0.6 is 0 Å². The molecule has 2 aromatic rings. The van der Waals surface area contributed by atoms with Gasteiger partial charge in [0, 0.05) is 23.3 Å². The summed E-state index contributed by atoms with van der Waals surface area (Å²) in [6.45, 7) is 11.2. The van der Waals surface area contributed by atoms with Crippen molar-refractivity contribution in [3.05, 3.63) is 29.5 Å². The van der Waals surface area contributed by atoms with E-state index in [1.807, 2.05) is 12.1 Å². The molecule has 0 spiro atoms. The van der Waals surface area contributed by atoms with Gasteiger partial charge < -0.3 is 13.6 Å². The molecule has 0 unspecified atom stereocenters. The highest BCUT2D eigenvalue weighted by molar-refractivity contribution is 6.74. The molecule has 4 heteroatoms. The van der Waals surface area contributed by atoms with Crippen LogP contribution in [0.2, 0.25) is 18.1 Å². The van der Waals surface area contributed by atoms with E-state index in [4.69, 9.17) is 8.84 Å². The van der Waals surface area contributed by atoms with Crippen LogP contribution in [0.5, 0.6) is 5.75 Å². The number of fused-ring (bicyclic) bond motifs is 3. The molecule has 1 aliphatic carbocycles. The van der Waals surface area contributed by atoms with E-state index in [1.165, 1.54) is 0 Å². The molecule has 1 aliphatic rings. The molecule has 0 saturated carbocycles. The van der Waals surface area contributed by atoms with Gasteiger partial charge >= 0.3 is 0 Å². The van der Waals surface area contributed by atoms with Crippen molar-refractivity contribution in [3.63, 3.8) is 0 Å². The topological polar surface area (TPSA) is 39.4 Å². The van der Waals surface area contributed by atoms with Gasteiger partial charge in [0.25, 0.3) is 0 Å². The van der Waals surface area contributed by atoms with Gasteiger partial charge in [0.15, 0.2) is 0 Å². The molecule has 0 saturated heterocycles. The first-order chi connectivity index (χ1) is 10.7. The van der Waals surface area contributed by atoms with Crippen molar-refractivity contribution in [1.29, 1.82) is 0 Å². The molecule has 0 bridgehead atoms. The Morgan fingerprint density at radius 2 is 2.04 bits per heavy atom. The first-order valence-corrected chi connectivity index (χ1v) is 11.3. The summed E-state index contributed by atoms with van der Waals surface area (Å²) in [5.74, 6) is 1.83. The Balaban J connectivity index is 2.04. The van der Waals surface area contributed by atoms with E-state index in [9.17, 15) is 4.79 Å². The number of benzene rings is 1. The average Bonchev–Trinajstić information content (AvgIpc) is 2.83. The van der Waals surface area contributed by atoms with Crippen molar-refractivity contribution in [2.75, 3.05) is 0 Å². The van der Waals surface area contributed by atoms with Gasteiger partial charge in [0.05, 0.1) is 0 Å². The lowest BCUT2D eigenvalue weighted by Crippen LogP contribution is -2.43. The Bertz CT molecular complexity index is 737. The normalized spacial score (nSPS) is 18.7. The number of hydrogen-bond donors (Lipinski definition) is 0. The fraction of sp³-hybridized carbons (Fsp3) is 0.526. The van der Waals surface area contributed by atoms with Crippen molar-refractivity contribution in [2.24, 2.45) is 0 Å². The van der Waals surface area contributed by atoms with Crippen LogP contribution in [0.4, 0.5) is 0 Å². The molecule has 0 radical (unpaired) electrons. The summed E-state index contributed by atoms with van der Waals surface area (Å²) >= 11 is 0. The molecule has 1 aromatic carbocycles. The number of rotatable bonds is 3. The highest BCUT2D eigenvalue weighted by Gasteiger charge is 2.39. The van der Waals surface area contributed by atoms with Crippen LogP contribution in [0, 0.1) is 0 Å². The lowest BCUT2D eigenvalue weighted by Gasteiger charge is -2.36. The summed E-state index contributed by atoms with van der Waals surface area (Å²) in [7, 11) is -1.87. The van der Waals surface area contributed by atoms with Gasteiger partial charge in [-0.05, 0) is 49.2 Å². The molecule has 3 nitrogen and oxygen atoms in total. The van der Waals surface area contributed by atoms with Gasteiger partial charge in [0.2, 0.25) is 8.32 Å². The van der Waals surface area contributed by atoms with Crippen molar-refractivity contribution in [1.82, 2.24) is 0 Å². The zero-order valence-electron chi connectivity index (χ0n) is 14.7. The van der Waals surface area contributed by atoms with Crippen LogP contribution in [0.15, 0.2) is 22.6 Å². The highest BCUT2D eigenvalue weighted by Crippen LogP contribution is 2.41. The molecule has 1 aromatic heterocycles. The third-order valence-electron chi connectivity index (χ3n) is 5.41. The molecule has 3 rings (SSSR count). The van der Waals surface area contributed by atoms with Crippen LogP contribution in [0.25, 0.3) is 11.0 Å². The van der Waals surface area contributed by atoms with Crippen molar-refractivity contribution in [2.45, 2.75) is 64.1 Å². The fourth-order valence-corrected chi connectivity index (χ4v) is 4.04. The Morgan fingerprint density at radius 3 is 2.70 bits per heavy atom. The highest BCUT2D eigenvalue weighted by atomic mass is 28.4. The molecule has 0 fully saturated rings. The summed E-state index contributed by atoms with van der Waals surface area (Å²) in [4.78, 5) is 11.4. The molecule has 1 atom stereocenters. The van der Waals surface area contributed by atoms with E-state index in [1.54, 1.807) is 0 Å². The third kappa shape index (κ3) is 2.85. The van der Waals surface area contributed by atoms with Crippen LogP contribution < -0.4 is 4.43 Å². The van der Waals surface area contributed by atoms with Crippen molar-refractivity contribution >= 4 is 25.6 Å². The standard InChI is InChI=1S/C19H26O3Si/c1-19(2,3)23(4,5)22-14-9-10-16-15(11-14)18-13(12-20)7-6-8-17(18)21-16/h9-13H,6-8H2,1-5H3/t13-/m1/s1. The van der Waals surface area contributed by atoms with E-state index in [0.29, 0.717) is 0 Å². The minimum absolute atomic E-state index is 0.0388. The number of carbonyl (C=O) groups excluding carboxylic acids is 1. The smallest absolute Gasteiger partial charge is 0.250 e. The van der Waals surface area contributed by atoms with Gasteiger partial charge in [-0.3, -0.25) is 0 Å². The summed E-state index contributed by atoms with van der Waals surface area (Å²) in [6.07, 6.45) is 3.92. The van der Waals surface area contributed by atoms with E-state index < -0.39 is 8.32 Å². The van der Waals surface area contributed by atoms with Crippen molar-refractivity contribution in [3.8, 4) is 5.75 Å². The SMILES string of the molecule is CC(C)(C)[Si](C)(C)Oc1ccc2oc3c(c2c1)[C@@H](C=O)CCC3. The monoisotopic (exact) mass is 330 g/mol. The predicted molar refractivity (Wildman–Crippen MR) is 95.8 cm³/mol. The van der Waals surface area contributed by atoms with Gasteiger partial charge in [0.1, 0.15) is 23.4 Å². The van der Waals surface area contributed by atoms with Gasteiger partial charge in [-0.15, -0.1) is 0 Å². The first-order valence-electron chi connectivity index (χ1n) is 8.42. The van der Waals surface area contributed by atoms with Gasteiger partial charge in [-0.25, -0.2) is 0 Å². The Kier molecular flexibility index (Phi) is 3.91. The van der Waals surface area contributed by atoms with Gasteiger partial charge in [-0.1, -0.05) is 20.8 Å². The second-order valence-electron chi connectivity index (χ2n) is 8.09. The second-order valence-corrected chi connectivity index (χ2v) is 12.8. The molecule has 0 amide bonds. The largest absolute Gasteiger partial charge is 0.543 e. The zero-order chi connectivity index (χ0) is 16.8. The number of hydrogen-bond acceptors (Lipinski definition) is 3. The molecule has 0 N–H and O–H groups in total. The molecule has 1 heterocycles. The maximum atomic E-state index is 11.4. The Hall–Kier alpha value is -1.55. The van der Waals surface area contributed by atoms with Crippen molar-refractivity contribution < 1.29 is 13.6 Å². The summed E-state index contributed by atoms with van der Waals surface area (Å²) in [5, 5.41) is 1.20. The number of furan rings is 1. The van der Waals surface area contributed by atoms with Crippen LogP contribution in [0.1, 0.15) is 50.9 Å². The summed E-state index contributed by atoms with van der Waals surface area (Å²) < 4.78 is 12.4. The minimum atomic E-state index is -1.87. The number of aryl methyl sites for hydroxylation is 1. The maximum absolute atomic E-state index is 11.4. The maximum Gasteiger partial charge on any atom is 0.250 e. The van der Waals surface area contributed by atoms with E-state index in [0.717, 1.165) is 53.6 Å². The molecule has 23 heavy (non-hydrogen) atoms. The summed E-state index contributed by atoms with van der Waals surface area (Å²) in [6, 6.07) is 6.05. The third-order valence-corrected chi connectivity index (χ3v) is 9.77.